The molecule has 2 N–H and O–H groups in total. The van der Waals surface area contributed by atoms with Crippen molar-refractivity contribution in [3.8, 4) is 5.69 Å². The number of carbonyl (C=O) groups excluding carboxylic acids is 1. The summed E-state index contributed by atoms with van der Waals surface area (Å²) in [6.07, 6.45) is 0.681. The van der Waals surface area contributed by atoms with Crippen LogP contribution in [-0.4, -0.2) is 33.7 Å². The van der Waals surface area contributed by atoms with Crippen LogP contribution in [0.1, 0.15) is 29.5 Å². The molecule has 5 nitrogen and oxygen atoms in total. The van der Waals surface area contributed by atoms with Crippen molar-refractivity contribution in [2.24, 2.45) is 5.92 Å². The number of hydrogen-bond donors (Lipinski definition) is 2. The number of carbonyl (C=O) groups is 1. The highest BCUT2D eigenvalue weighted by atomic mass is 16.3. The van der Waals surface area contributed by atoms with E-state index in [1.165, 1.54) is 0 Å². The lowest BCUT2D eigenvalue weighted by molar-refractivity contribution is 0.0945. The standard InChI is InChI=1S/C20H23N3O2/c1-14(10-11-24)13-21-20(25)16-8-9-19-18(12-16)22-15(2)23(19)17-6-4-3-5-7-17/h3-9,12,14,24H,10-11,13H2,1-2H3,(H,21,25). The Morgan fingerprint density at radius 1 is 1.24 bits per heavy atom. The number of nitrogens with one attached hydrogen (secondary N) is 1. The van der Waals surface area contributed by atoms with Crippen molar-refractivity contribution < 1.29 is 9.90 Å². The number of para-hydroxylation sites is 1. The number of benzene rings is 2. The van der Waals surface area contributed by atoms with Gasteiger partial charge in [0.05, 0.1) is 11.0 Å². The molecule has 0 aliphatic rings. The zero-order valence-corrected chi connectivity index (χ0v) is 14.6. The largest absolute Gasteiger partial charge is 0.396 e. The Kier molecular flexibility index (Phi) is 5.14. The lowest BCUT2D eigenvalue weighted by atomic mass is 10.1. The van der Waals surface area contributed by atoms with Gasteiger partial charge in [0.15, 0.2) is 0 Å². The minimum Gasteiger partial charge on any atom is -0.396 e. The van der Waals surface area contributed by atoms with E-state index in [-0.39, 0.29) is 18.4 Å². The number of nitrogens with zero attached hydrogens (tertiary/aromatic N) is 2. The molecule has 3 rings (SSSR count). The molecule has 0 bridgehead atoms. The van der Waals surface area contributed by atoms with Crippen LogP contribution >= 0.6 is 0 Å². The van der Waals surface area contributed by atoms with E-state index in [1.54, 1.807) is 0 Å². The molecule has 0 aliphatic heterocycles. The first-order valence-electron chi connectivity index (χ1n) is 8.53. The third-order valence-electron chi connectivity index (χ3n) is 4.33. The Hall–Kier alpha value is -2.66. The highest BCUT2D eigenvalue weighted by Gasteiger charge is 2.13. The molecule has 0 spiro atoms. The quantitative estimate of drug-likeness (QED) is 0.726. The lowest BCUT2D eigenvalue weighted by Crippen LogP contribution is -2.28. The van der Waals surface area contributed by atoms with Gasteiger partial charge in [-0.25, -0.2) is 4.98 Å². The molecule has 1 unspecified atom stereocenters. The van der Waals surface area contributed by atoms with Crippen LogP contribution in [0.4, 0.5) is 0 Å². The predicted octanol–water partition coefficient (Wildman–Crippen LogP) is 3.08. The Bertz CT molecular complexity index is 871. The van der Waals surface area contributed by atoms with Crippen LogP contribution in [0.2, 0.25) is 0 Å². The molecule has 1 amide bonds. The second-order valence-corrected chi connectivity index (χ2v) is 6.36. The van der Waals surface area contributed by atoms with Crippen molar-refractivity contribution in [1.29, 1.82) is 0 Å². The van der Waals surface area contributed by atoms with Crippen LogP contribution in [-0.2, 0) is 0 Å². The van der Waals surface area contributed by atoms with Gasteiger partial charge in [-0.2, -0.15) is 0 Å². The van der Waals surface area contributed by atoms with Crippen molar-refractivity contribution in [2.45, 2.75) is 20.3 Å². The molecular weight excluding hydrogens is 314 g/mol. The first-order chi connectivity index (χ1) is 12.1. The van der Waals surface area contributed by atoms with E-state index in [2.05, 4.69) is 14.9 Å². The summed E-state index contributed by atoms with van der Waals surface area (Å²) >= 11 is 0. The summed E-state index contributed by atoms with van der Waals surface area (Å²) in [6.45, 7) is 4.65. The van der Waals surface area contributed by atoms with Crippen LogP contribution in [0.3, 0.4) is 0 Å². The van der Waals surface area contributed by atoms with E-state index in [0.717, 1.165) is 22.5 Å². The summed E-state index contributed by atoms with van der Waals surface area (Å²) in [7, 11) is 0. The van der Waals surface area contributed by atoms with Crippen molar-refractivity contribution in [2.75, 3.05) is 13.2 Å². The monoisotopic (exact) mass is 337 g/mol. The summed E-state index contributed by atoms with van der Waals surface area (Å²) in [5.41, 5.74) is 3.44. The fraction of sp³-hybridized carbons (Fsp3) is 0.300. The molecule has 0 saturated carbocycles. The third kappa shape index (κ3) is 3.72. The molecule has 25 heavy (non-hydrogen) atoms. The topological polar surface area (TPSA) is 67.2 Å². The van der Waals surface area contributed by atoms with Crippen LogP contribution < -0.4 is 5.32 Å². The van der Waals surface area contributed by atoms with Crippen molar-refractivity contribution >= 4 is 16.9 Å². The minimum atomic E-state index is -0.112. The highest BCUT2D eigenvalue weighted by molar-refractivity contribution is 5.97. The summed E-state index contributed by atoms with van der Waals surface area (Å²) in [4.78, 5) is 17.0. The molecule has 0 radical (unpaired) electrons. The molecular formula is C20H23N3O2. The Labute approximate surface area is 147 Å². The Balaban J connectivity index is 1.85. The molecule has 5 heteroatoms. The van der Waals surface area contributed by atoms with E-state index in [1.807, 2.05) is 62.4 Å². The fourth-order valence-electron chi connectivity index (χ4n) is 2.94. The van der Waals surface area contributed by atoms with E-state index in [9.17, 15) is 4.79 Å². The SMILES string of the molecule is Cc1nc2cc(C(=O)NCC(C)CCO)ccc2n1-c1ccccc1. The number of aryl methyl sites for hydroxylation is 1. The van der Waals surface area contributed by atoms with Crippen LogP contribution in [0.25, 0.3) is 16.7 Å². The molecule has 2 aromatic carbocycles. The van der Waals surface area contributed by atoms with Crippen LogP contribution in [0.15, 0.2) is 48.5 Å². The second kappa shape index (κ2) is 7.49. The van der Waals surface area contributed by atoms with Crippen molar-refractivity contribution in [3.05, 3.63) is 59.9 Å². The van der Waals surface area contributed by atoms with Gasteiger partial charge in [0, 0.05) is 24.4 Å². The average molecular weight is 337 g/mol. The van der Waals surface area contributed by atoms with Gasteiger partial charge in [0.25, 0.3) is 5.91 Å². The molecule has 3 aromatic rings. The Morgan fingerprint density at radius 2 is 2.00 bits per heavy atom. The van der Waals surface area contributed by atoms with Crippen LogP contribution in [0, 0.1) is 12.8 Å². The van der Waals surface area contributed by atoms with Gasteiger partial charge >= 0.3 is 0 Å². The maximum Gasteiger partial charge on any atom is 0.251 e. The first-order valence-corrected chi connectivity index (χ1v) is 8.53. The predicted molar refractivity (Wildman–Crippen MR) is 99.0 cm³/mol. The smallest absolute Gasteiger partial charge is 0.251 e. The second-order valence-electron chi connectivity index (χ2n) is 6.36. The number of amides is 1. The number of aliphatic hydroxyl groups excluding tert-OH is 1. The number of rotatable bonds is 6. The highest BCUT2D eigenvalue weighted by Crippen LogP contribution is 2.22. The van der Waals surface area contributed by atoms with Gasteiger partial charge in [-0.3, -0.25) is 9.36 Å². The van der Waals surface area contributed by atoms with E-state index in [4.69, 9.17) is 5.11 Å². The summed E-state index contributed by atoms with van der Waals surface area (Å²) in [5.74, 6) is 1.02. The maximum absolute atomic E-state index is 12.4. The zero-order chi connectivity index (χ0) is 17.8. The average Bonchev–Trinajstić information content (AvgIpc) is 2.95. The molecule has 0 fully saturated rings. The minimum absolute atomic E-state index is 0.112. The summed E-state index contributed by atoms with van der Waals surface area (Å²) in [5, 5.41) is 11.9. The van der Waals surface area contributed by atoms with Gasteiger partial charge < -0.3 is 10.4 Å². The molecule has 130 valence electrons. The first kappa shape index (κ1) is 17.2. The van der Waals surface area contributed by atoms with Gasteiger partial charge in [-0.15, -0.1) is 0 Å². The van der Waals surface area contributed by atoms with E-state index >= 15 is 0 Å². The molecule has 1 heterocycles. The number of aliphatic hydroxyl groups is 1. The summed E-state index contributed by atoms with van der Waals surface area (Å²) < 4.78 is 2.08. The molecule has 0 saturated heterocycles. The molecule has 1 aromatic heterocycles. The Morgan fingerprint density at radius 3 is 2.72 bits per heavy atom. The van der Waals surface area contributed by atoms with Crippen LogP contribution in [0.5, 0.6) is 0 Å². The van der Waals surface area contributed by atoms with Crippen molar-refractivity contribution in [1.82, 2.24) is 14.9 Å². The maximum atomic E-state index is 12.4. The molecule has 1 atom stereocenters. The zero-order valence-electron chi connectivity index (χ0n) is 14.6. The van der Waals surface area contributed by atoms with Crippen molar-refractivity contribution in [3.63, 3.8) is 0 Å². The lowest BCUT2D eigenvalue weighted by Gasteiger charge is -2.11. The summed E-state index contributed by atoms with van der Waals surface area (Å²) in [6, 6.07) is 15.6. The number of fused-ring (bicyclic) bond motifs is 1. The third-order valence-corrected chi connectivity index (χ3v) is 4.33. The normalized spacial score (nSPS) is 12.3. The van der Waals surface area contributed by atoms with Gasteiger partial charge in [-0.05, 0) is 49.6 Å². The number of hydrogen-bond acceptors (Lipinski definition) is 3. The number of aromatic nitrogens is 2. The van der Waals surface area contributed by atoms with Gasteiger partial charge in [0.1, 0.15) is 5.82 Å². The fourth-order valence-corrected chi connectivity index (χ4v) is 2.94. The van der Waals surface area contributed by atoms with Gasteiger partial charge in [0.2, 0.25) is 0 Å². The number of imidazole rings is 1. The molecule has 0 aliphatic carbocycles. The van der Waals surface area contributed by atoms with Gasteiger partial charge in [-0.1, -0.05) is 25.1 Å². The van der Waals surface area contributed by atoms with E-state index < -0.39 is 0 Å². The van der Waals surface area contributed by atoms with E-state index in [0.29, 0.717) is 18.5 Å².